The lowest BCUT2D eigenvalue weighted by Crippen LogP contribution is -2.54. The third kappa shape index (κ3) is 2.99. The van der Waals surface area contributed by atoms with Crippen LogP contribution in [-0.2, 0) is 4.79 Å². The molecule has 0 aliphatic heterocycles. The number of fused-ring (bicyclic) bond motifs is 5. The van der Waals surface area contributed by atoms with Gasteiger partial charge in [-0.2, -0.15) is 0 Å². The Hall–Kier alpha value is -1.61. The fourth-order valence-electron chi connectivity index (χ4n) is 7.94. The molecule has 3 heteroatoms. The van der Waals surface area contributed by atoms with Gasteiger partial charge in [0.25, 0.3) is 0 Å². The number of rotatable bonds is 2. The first-order chi connectivity index (χ1) is 14.3. The number of ketones is 1. The van der Waals surface area contributed by atoms with E-state index >= 15 is 0 Å². The number of hydrogen-bond donors (Lipinski definition) is 1. The quantitative estimate of drug-likeness (QED) is 0.642. The van der Waals surface area contributed by atoms with Gasteiger partial charge < -0.3 is 9.84 Å². The standard InChI is InChI=1S/C27H36O3/c1-26-12-10-20(28)16-19(26)6-9-22-23(26)11-13-27(2)24(22)15-18(25(27)29)14-17-4-7-21(30-3)8-5-17/h4-5,7-8,14,19-20,22-24,28H,6,9-13,15-16H2,1-3H3. The van der Waals surface area contributed by atoms with E-state index in [4.69, 9.17) is 4.74 Å². The van der Waals surface area contributed by atoms with Gasteiger partial charge in [-0.05, 0) is 110 Å². The highest BCUT2D eigenvalue weighted by molar-refractivity contribution is 6.05. The van der Waals surface area contributed by atoms with Crippen molar-refractivity contribution in [3.8, 4) is 5.75 Å². The zero-order valence-electron chi connectivity index (χ0n) is 18.7. The van der Waals surface area contributed by atoms with Gasteiger partial charge in [-0.25, -0.2) is 0 Å². The number of aliphatic hydroxyl groups is 1. The van der Waals surface area contributed by atoms with E-state index in [1.165, 1.54) is 19.3 Å². The van der Waals surface area contributed by atoms with Crippen LogP contribution < -0.4 is 4.74 Å². The number of aliphatic hydroxyl groups excluding tert-OH is 1. The SMILES string of the molecule is COc1ccc(C=C2CC3C4CCC5CC(O)CCC5(C)C4CCC3(C)C2=O)cc1. The van der Waals surface area contributed by atoms with Gasteiger partial charge in [-0.15, -0.1) is 0 Å². The van der Waals surface area contributed by atoms with Gasteiger partial charge in [-0.1, -0.05) is 26.0 Å². The van der Waals surface area contributed by atoms with Crippen molar-refractivity contribution in [2.24, 2.45) is 34.5 Å². The molecule has 1 aromatic rings. The highest BCUT2D eigenvalue weighted by Gasteiger charge is 2.61. The molecular formula is C27H36O3. The Morgan fingerprint density at radius 1 is 1.03 bits per heavy atom. The molecule has 162 valence electrons. The van der Waals surface area contributed by atoms with E-state index in [1.807, 2.05) is 24.3 Å². The van der Waals surface area contributed by atoms with Crippen molar-refractivity contribution in [3.05, 3.63) is 35.4 Å². The Bertz CT molecular complexity index is 855. The van der Waals surface area contributed by atoms with Gasteiger partial charge in [0.2, 0.25) is 0 Å². The third-order valence-electron chi connectivity index (χ3n) is 9.73. The number of hydrogen-bond acceptors (Lipinski definition) is 3. The maximum atomic E-state index is 13.5. The molecule has 3 nitrogen and oxygen atoms in total. The normalized spacial score (nSPS) is 44.3. The second kappa shape index (κ2) is 7.22. The summed E-state index contributed by atoms with van der Waals surface area (Å²) in [5, 5.41) is 10.2. The zero-order chi connectivity index (χ0) is 21.1. The molecule has 30 heavy (non-hydrogen) atoms. The van der Waals surface area contributed by atoms with Crippen LogP contribution >= 0.6 is 0 Å². The van der Waals surface area contributed by atoms with Crippen LogP contribution in [0.5, 0.6) is 5.75 Å². The minimum Gasteiger partial charge on any atom is -0.497 e. The largest absolute Gasteiger partial charge is 0.497 e. The first-order valence-electron chi connectivity index (χ1n) is 11.9. The number of carbonyl (C=O) groups is 1. The Kier molecular flexibility index (Phi) is 4.89. The molecule has 4 saturated carbocycles. The van der Waals surface area contributed by atoms with Crippen molar-refractivity contribution in [2.45, 2.75) is 71.3 Å². The number of benzene rings is 1. The summed E-state index contributed by atoms with van der Waals surface area (Å²) in [7, 11) is 1.68. The lowest BCUT2D eigenvalue weighted by atomic mass is 9.45. The van der Waals surface area contributed by atoms with E-state index in [9.17, 15) is 9.90 Å². The van der Waals surface area contributed by atoms with Crippen molar-refractivity contribution in [3.63, 3.8) is 0 Å². The molecule has 0 amide bonds. The Morgan fingerprint density at radius 3 is 2.53 bits per heavy atom. The summed E-state index contributed by atoms with van der Waals surface area (Å²) in [6.45, 7) is 4.76. The first kappa shape index (κ1) is 20.3. The molecule has 7 atom stereocenters. The lowest BCUT2D eigenvalue weighted by Gasteiger charge is -2.59. The summed E-state index contributed by atoms with van der Waals surface area (Å²) in [4.78, 5) is 13.5. The van der Waals surface area contributed by atoms with Crippen molar-refractivity contribution in [2.75, 3.05) is 7.11 Å². The average Bonchev–Trinajstić information content (AvgIpc) is 3.00. The van der Waals surface area contributed by atoms with Crippen LogP contribution in [0.3, 0.4) is 0 Å². The number of methoxy groups -OCH3 is 1. The van der Waals surface area contributed by atoms with Crippen molar-refractivity contribution in [1.29, 1.82) is 0 Å². The number of allylic oxidation sites excluding steroid dienone is 1. The highest BCUT2D eigenvalue weighted by Crippen LogP contribution is 2.66. The molecule has 7 unspecified atom stereocenters. The van der Waals surface area contributed by atoms with E-state index in [0.29, 0.717) is 29.0 Å². The minimum atomic E-state index is -0.184. The van der Waals surface area contributed by atoms with Crippen LogP contribution in [0.25, 0.3) is 6.08 Å². The summed E-state index contributed by atoms with van der Waals surface area (Å²) < 4.78 is 5.27. The number of ether oxygens (including phenoxy) is 1. The minimum absolute atomic E-state index is 0.0967. The predicted molar refractivity (Wildman–Crippen MR) is 119 cm³/mol. The van der Waals surface area contributed by atoms with Gasteiger partial charge >= 0.3 is 0 Å². The summed E-state index contributed by atoms with van der Waals surface area (Å²) in [6.07, 6.45) is 10.8. The second-order valence-electron chi connectivity index (χ2n) is 11.0. The van der Waals surface area contributed by atoms with Crippen LogP contribution in [0.1, 0.15) is 70.8 Å². The van der Waals surface area contributed by atoms with Gasteiger partial charge in [-0.3, -0.25) is 4.79 Å². The van der Waals surface area contributed by atoms with Crippen molar-refractivity contribution in [1.82, 2.24) is 0 Å². The molecular weight excluding hydrogens is 372 g/mol. The summed E-state index contributed by atoms with van der Waals surface area (Å²) in [5.74, 6) is 3.77. The lowest BCUT2D eigenvalue weighted by molar-refractivity contribution is -0.141. The molecule has 0 bridgehead atoms. The van der Waals surface area contributed by atoms with Gasteiger partial charge in [0.15, 0.2) is 5.78 Å². The Morgan fingerprint density at radius 2 is 1.80 bits per heavy atom. The third-order valence-corrected chi connectivity index (χ3v) is 9.73. The van der Waals surface area contributed by atoms with Gasteiger partial charge in [0.1, 0.15) is 5.75 Å². The van der Waals surface area contributed by atoms with E-state index in [-0.39, 0.29) is 11.5 Å². The smallest absolute Gasteiger partial charge is 0.165 e. The summed E-state index contributed by atoms with van der Waals surface area (Å²) >= 11 is 0. The topological polar surface area (TPSA) is 46.5 Å². The highest BCUT2D eigenvalue weighted by atomic mass is 16.5. The number of carbonyl (C=O) groups excluding carboxylic acids is 1. The van der Waals surface area contributed by atoms with E-state index < -0.39 is 0 Å². The summed E-state index contributed by atoms with van der Waals surface area (Å²) in [6, 6.07) is 8.03. The maximum Gasteiger partial charge on any atom is 0.165 e. The van der Waals surface area contributed by atoms with Crippen LogP contribution in [0.2, 0.25) is 0 Å². The maximum absolute atomic E-state index is 13.5. The fraction of sp³-hybridized carbons (Fsp3) is 0.667. The number of Topliss-reactive ketones (excluding diaryl/α,β-unsaturated/α-hetero) is 1. The fourth-order valence-corrected chi connectivity index (χ4v) is 7.94. The summed E-state index contributed by atoms with van der Waals surface area (Å²) in [5.41, 5.74) is 2.29. The predicted octanol–water partition coefficient (Wildman–Crippen LogP) is 5.66. The van der Waals surface area contributed by atoms with Crippen LogP contribution in [0.4, 0.5) is 0 Å². The molecule has 0 radical (unpaired) electrons. The zero-order valence-corrected chi connectivity index (χ0v) is 18.7. The van der Waals surface area contributed by atoms with Crippen LogP contribution in [0, 0.1) is 34.5 Å². The Labute approximate surface area is 180 Å². The first-order valence-corrected chi connectivity index (χ1v) is 11.9. The van der Waals surface area contributed by atoms with Crippen LogP contribution in [0.15, 0.2) is 29.8 Å². The molecule has 1 N–H and O–H groups in total. The molecule has 0 aromatic heterocycles. The Balaban J connectivity index is 1.42. The van der Waals surface area contributed by atoms with E-state index in [1.54, 1.807) is 7.11 Å². The van der Waals surface area contributed by atoms with Crippen molar-refractivity contribution < 1.29 is 14.6 Å². The molecule has 4 aliphatic carbocycles. The molecule has 0 saturated heterocycles. The second-order valence-corrected chi connectivity index (χ2v) is 11.0. The monoisotopic (exact) mass is 408 g/mol. The molecule has 4 fully saturated rings. The molecule has 0 spiro atoms. The van der Waals surface area contributed by atoms with Gasteiger partial charge in [0, 0.05) is 5.41 Å². The molecule has 5 rings (SSSR count). The van der Waals surface area contributed by atoms with Crippen LogP contribution in [-0.4, -0.2) is 24.1 Å². The van der Waals surface area contributed by atoms with E-state index in [2.05, 4.69) is 19.9 Å². The van der Waals surface area contributed by atoms with Gasteiger partial charge in [0.05, 0.1) is 13.2 Å². The average molecular weight is 409 g/mol. The molecule has 4 aliphatic rings. The van der Waals surface area contributed by atoms with Crippen molar-refractivity contribution >= 4 is 11.9 Å². The molecule has 0 heterocycles. The van der Waals surface area contributed by atoms with E-state index in [0.717, 1.165) is 54.9 Å². The molecule has 1 aromatic carbocycles.